The molecule has 0 spiro atoms. The topological polar surface area (TPSA) is 90.2 Å². The summed E-state index contributed by atoms with van der Waals surface area (Å²) in [5.41, 5.74) is 0.827. The normalized spacial score (nSPS) is 10.7. The molecule has 0 bridgehead atoms. The summed E-state index contributed by atoms with van der Waals surface area (Å²) >= 11 is 0. The first-order valence-electron chi connectivity index (χ1n) is 6.51. The van der Waals surface area contributed by atoms with Crippen LogP contribution >= 0.6 is 0 Å². The van der Waals surface area contributed by atoms with Gasteiger partial charge in [0.2, 0.25) is 0 Å². The van der Waals surface area contributed by atoms with Gasteiger partial charge in [0.1, 0.15) is 17.5 Å². The predicted octanol–water partition coefficient (Wildman–Crippen LogP) is 3.07. The Kier molecular flexibility index (Phi) is 4.85. The first-order valence-corrected chi connectivity index (χ1v) is 6.51. The van der Waals surface area contributed by atoms with Gasteiger partial charge in [-0.05, 0) is 48.0 Å². The van der Waals surface area contributed by atoms with Crippen molar-refractivity contribution in [3.8, 4) is 6.07 Å². The van der Waals surface area contributed by atoms with Crippen LogP contribution in [0.1, 0.15) is 15.9 Å². The highest BCUT2D eigenvalue weighted by Crippen LogP contribution is 2.13. The number of halogens is 1. The summed E-state index contributed by atoms with van der Waals surface area (Å²) < 4.78 is 12.8. The SMILES string of the molecule is N#C/C(=C\c1ccc(C(=O)O)cc1)C(=O)Nc1ccc(F)cc1. The van der Waals surface area contributed by atoms with Gasteiger partial charge in [0.05, 0.1) is 5.56 Å². The summed E-state index contributed by atoms with van der Waals surface area (Å²) in [6, 6.07) is 12.7. The quantitative estimate of drug-likeness (QED) is 0.670. The fraction of sp³-hybridized carbons (Fsp3) is 0. The van der Waals surface area contributed by atoms with E-state index >= 15 is 0 Å². The van der Waals surface area contributed by atoms with E-state index in [0.717, 1.165) is 0 Å². The highest BCUT2D eigenvalue weighted by molar-refractivity contribution is 6.09. The van der Waals surface area contributed by atoms with Crippen LogP contribution in [0.4, 0.5) is 10.1 Å². The molecule has 0 saturated heterocycles. The molecule has 114 valence electrons. The molecule has 2 aromatic rings. The lowest BCUT2D eigenvalue weighted by Crippen LogP contribution is -2.13. The van der Waals surface area contributed by atoms with Gasteiger partial charge in [-0.15, -0.1) is 0 Å². The Balaban J connectivity index is 2.17. The average molecular weight is 310 g/mol. The van der Waals surface area contributed by atoms with E-state index < -0.39 is 17.7 Å². The van der Waals surface area contributed by atoms with E-state index in [-0.39, 0.29) is 11.1 Å². The number of carboxylic acid groups (broad SMARTS) is 1. The number of nitrogens with one attached hydrogen (secondary N) is 1. The maximum absolute atomic E-state index is 12.8. The number of hydrogen-bond donors (Lipinski definition) is 2. The van der Waals surface area contributed by atoms with E-state index in [1.165, 1.54) is 54.6 Å². The van der Waals surface area contributed by atoms with Gasteiger partial charge in [-0.2, -0.15) is 5.26 Å². The molecule has 0 unspecified atom stereocenters. The van der Waals surface area contributed by atoms with Crippen molar-refractivity contribution in [3.05, 3.63) is 71.0 Å². The number of aromatic carboxylic acids is 1. The number of nitrogens with zero attached hydrogens (tertiary/aromatic N) is 1. The number of anilines is 1. The first-order chi connectivity index (χ1) is 11.0. The molecule has 0 aromatic heterocycles. The zero-order valence-corrected chi connectivity index (χ0v) is 11.8. The summed E-state index contributed by atoms with van der Waals surface area (Å²) in [5, 5.41) is 20.4. The van der Waals surface area contributed by atoms with Crippen LogP contribution in [0.3, 0.4) is 0 Å². The number of rotatable bonds is 4. The molecule has 0 fully saturated rings. The molecular formula is C17H11FN2O3. The summed E-state index contributed by atoms with van der Waals surface area (Å²) in [4.78, 5) is 22.8. The third kappa shape index (κ3) is 4.25. The van der Waals surface area contributed by atoms with E-state index in [4.69, 9.17) is 10.4 Å². The minimum absolute atomic E-state index is 0.108. The number of nitriles is 1. The summed E-state index contributed by atoms with van der Waals surface area (Å²) in [6.45, 7) is 0. The van der Waals surface area contributed by atoms with Crippen LogP contribution in [0.25, 0.3) is 6.08 Å². The smallest absolute Gasteiger partial charge is 0.335 e. The van der Waals surface area contributed by atoms with Crippen LogP contribution in [0.15, 0.2) is 54.1 Å². The highest BCUT2D eigenvalue weighted by Gasteiger charge is 2.10. The molecule has 2 rings (SSSR count). The zero-order chi connectivity index (χ0) is 16.8. The number of hydrogen-bond acceptors (Lipinski definition) is 3. The van der Waals surface area contributed by atoms with Gasteiger partial charge in [-0.25, -0.2) is 9.18 Å². The zero-order valence-electron chi connectivity index (χ0n) is 11.8. The fourth-order valence-corrected chi connectivity index (χ4v) is 1.77. The molecule has 0 atom stereocenters. The number of carbonyl (C=O) groups is 2. The van der Waals surface area contributed by atoms with Crippen LogP contribution in [0, 0.1) is 17.1 Å². The number of amides is 1. The third-order valence-electron chi connectivity index (χ3n) is 2.94. The number of benzene rings is 2. The van der Waals surface area contributed by atoms with Gasteiger partial charge in [0.25, 0.3) is 5.91 Å². The Morgan fingerprint density at radius 3 is 2.22 bits per heavy atom. The Hall–Kier alpha value is -3.46. The molecular weight excluding hydrogens is 299 g/mol. The maximum atomic E-state index is 12.8. The molecule has 0 radical (unpaired) electrons. The number of carbonyl (C=O) groups excluding carboxylic acids is 1. The highest BCUT2D eigenvalue weighted by atomic mass is 19.1. The van der Waals surface area contributed by atoms with Gasteiger partial charge in [0, 0.05) is 5.69 Å². The van der Waals surface area contributed by atoms with E-state index in [0.29, 0.717) is 11.3 Å². The lowest BCUT2D eigenvalue weighted by atomic mass is 10.1. The van der Waals surface area contributed by atoms with Crippen molar-refractivity contribution in [1.29, 1.82) is 5.26 Å². The molecule has 0 saturated carbocycles. The molecule has 6 heteroatoms. The van der Waals surface area contributed by atoms with Crippen LogP contribution in [-0.2, 0) is 4.79 Å². The molecule has 0 aliphatic rings. The van der Waals surface area contributed by atoms with Crippen molar-refractivity contribution < 1.29 is 19.1 Å². The molecule has 0 aliphatic carbocycles. The third-order valence-corrected chi connectivity index (χ3v) is 2.94. The van der Waals surface area contributed by atoms with Crippen LogP contribution in [0.5, 0.6) is 0 Å². The fourth-order valence-electron chi connectivity index (χ4n) is 1.77. The van der Waals surface area contributed by atoms with Crippen LogP contribution in [0.2, 0.25) is 0 Å². The minimum Gasteiger partial charge on any atom is -0.478 e. The first kappa shape index (κ1) is 15.9. The standard InChI is InChI=1S/C17H11FN2O3/c18-14-5-7-15(8-6-14)20-16(21)13(10-19)9-11-1-3-12(4-2-11)17(22)23/h1-9H,(H,20,21)(H,22,23)/b13-9+. The van der Waals surface area contributed by atoms with E-state index in [1.807, 2.05) is 0 Å². The van der Waals surface area contributed by atoms with E-state index in [9.17, 15) is 14.0 Å². The average Bonchev–Trinajstić information content (AvgIpc) is 2.55. The second-order valence-corrected chi connectivity index (χ2v) is 4.56. The van der Waals surface area contributed by atoms with Crippen LogP contribution in [-0.4, -0.2) is 17.0 Å². The molecule has 23 heavy (non-hydrogen) atoms. The van der Waals surface area contributed by atoms with Gasteiger partial charge < -0.3 is 10.4 Å². The van der Waals surface area contributed by atoms with E-state index in [2.05, 4.69) is 5.32 Å². The summed E-state index contributed by atoms with van der Waals surface area (Å²) in [6.07, 6.45) is 1.34. The van der Waals surface area contributed by atoms with Gasteiger partial charge >= 0.3 is 5.97 Å². The van der Waals surface area contributed by atoms with E-state index in [1.54, 1.807) is 6.07 Å². The molecule has 0 aliphatic heterocycles. The maximum Gasteiger partial charge on any atom is 0.335 e. The predicted molar refractivity (Wildman–Crippen MR) is 82.0 cm³/mol. The second kappa shape index (κ2) is 7.00. The van der Waals surface area contributed by atoms with Gasteiger partial charge in [-0.3, -0.25) is 4.79 Å². The lowest BCUT2D eigenvalue weighted by molar-refractivity contribution is -0.112. The van der Waals surface area contributed by atoms with Crippen molar-refractivity contribution in [2.45, 2.75) is 0 Å². The van der Waals surface area contributed by atoms with Crippen molar-refractivity contribution >= 4 is 23.6 Å². The molecule has 5 nitrogen and oxygen atoms in total. The molecule has 2 aromatic carbocycles. The minimum atomic E-state index is -1.06. The summed E-state index contributed by atoms with van der Waals surface area (Å²) in [7, 11) is 0. The second-order valence-electron chi connectivity index (χ2n) is 4.56. The van der Waals surface area contributed by atoms with Crippen molar-refractivity contribution in [1.82, 2.24) is 0 Å². The Bertz CT molecular complexity index is 803. The summed E-state index contributed by atoms with van der Waals surface area (Å²) in [5.74, 6) is -2.13. The van der Waals surface area contributed by atoms with Crippen LogP contribution < -0.4 is 5.32 Å². The van der Waals surface area contributed by atoms with Crippen molar-refractivity contribution in [2.75, 3.05) is 5.32 Å². The molecule has 2 N–H and O–H groups in total. The van der Waals surface area contributed by atoms with Crippen molar-refractivity contribution in [3.63, 3.8) is 0 Å². The lowest BCUT2D eigenvalue weighted by Gasteiger charge is -2.04. The van der Waals surface area contributed by atoms with Gasteiger partial charge in [-0.1, -0.05) is 12.1 Å². The van der Waals surface area contributed by atoms with Crippen molar-refractivity contribution in [2.24, 2.45) is 0 Å². The van der Waals surface area contributed by atoms with Gasteiger partial charge in [0.15, 0.2) is 0 Å². The number of carboxylic acids is 1. The largest absolute Gasteiger partial charge is 0.478 e. The monoisotopic (exact) mass is 310 g/mol. The Morgan fingerprint density at radius 1 is 1.09 bits per heavy atom. The molecule has 0 heterocycles. The Morgan fingerprint density at radius 2 is 1.70 bits per heavy atom. The Labute approximate surface area is 131 Å². The molecule has 1 amide bonds.